The molecule has 0 saturated carbocycles. The van der Waals surface area contributed by atoms with Crippen molar-refractivity contribution < 1.29 is 23.9 Å². The molecule has 3 aliphatic rings. The number of carbonyl (C=O) groups excluding carboxylic acids is 4. The van der Waals surface area contributed by atoms with Crippen molar-refractivity contribution in [2.75, 3.05) is 42.3 Å². The molecule has 3 aromatic carbocycles. The lowest BCUT2D eigenvalue weighted by atomic mass is 9.99. The van der Waals surface area contributed by atoms with E-state index in [1.54, 1.807) is 28.0 Å². The van der Waals surface area contributed by atoms with Crippen LogP contribution in [-0.2, 0) is 25.5 Å². The molecule has 202 valence electrons. The van der Waals surface area contributed by atoms with Gasteiger partial charge in [-0.25, -0.2) is 4.79 Å². The van der Waals surface area contributed by atoms with Gasteiger partial charge < -0.3 is 25.2 Å². The van der Waals surface area contributed by atoms with E-state index in [9.17, 15) is 19.2 Å². The molecule has 3 heterocycles. The third-order valence-electron chi connectivity index (χ3n) is 7.54. The zero-order valence-corrected chi connectivity index (χ0v) is 22.0. The van der Waals surface area contributed by atoms with E-state index >= 15 is 0 Å². The Bertz CT molecular complexity index is 1580. The van der Waals surface area contributed by atoms with Gasteiger partial charge in [0.2, 0.25) is 11.8 Å². The van der Waals surface area contributed by atoms with Gasteiger partial charge in [-0.15, -0.1) is 0 Å². The predicted molar refractivity (Wildman–Crippen MR) is 152 cm³/mol. The number of esters is 1. The van der Waals surface area contributed by atoms with Gasteiger partial charge in [0.25, 0.3) is 5.91 Å². The van der Waals surface area contributed by atoms with Crippen LogP contribution in [0.5, 0.6) is 0 Å². The normalized spacial score (nSPS) is 16.9. The zero-order valence-electron chi connectivity index (χ0n) is 22.0. The van der Waals surface area contributed by atoms with Crippen LogP contribution in [0.1, 0.15) is 39.9 Å². The SMILES string of the molecule is COC(=O)c1ccc2c(c1)NC(=O)/C2=C(\Nc1ccc2c(c1)CCN2C(=O)CN1CCCC1=O)c1ccccc1. The number of methoxy groups -OCH3 is 1. The fourth-order valence-electron chi connectivity index (χ4n) is 5.55. The average Bonchev–Trinajstić information content (AvgIpc) is 3.67. The van der Waals surface area contributed by atoms with E-state index in [1.807, 2.05) is 48.5 Å². The first-order chi connectivity index (χ1) is 19.4. The van der Waals surface area contributed by atoms with E-state index in [-0.39, 0.29) is 24.3 Å². The Kier molecular flexibility index (Phi) is 6.55. The minimum Gasteiger partial charge on any atom is -0.465 e. The predicted octanol–water partition coefficient (Wildman–Crippen LogP) is 3.92. The summed E-state index contributed by atoms with van der Waals surface area (Å²) in [5.74, 6) is -0.799. The van der Waals surface area contributed by atoms with Crippen LogP contribution in [0, 0.1) is 0 Å². The zero-order chi connectivity index (χ0) is 27.8. The highest BCUT2D eigenvalue weighted by atomic mass is 16.5. The summed E-state index contributed by atoms with van der Waals surface area (Å²) in [6, 6.07) is 20.4. The van der Waals surface area contributed by atoms with Gasteiger partial charge in [0, 0.05) is 36.4 Å². The molecule has 0 atom stereocenters. The maximum absolute atomic E-state index is 13.3. The van der Waals surface area contributed by atoms with E-state index in [1.165, 1.54) is 7.11 Å². The summed E-state index contributed by atoms with van der Waals surface area (Å²) in [5.41, 5.74) is 6.12. The van der Waals surface area contributed by atoms with Crippen molar-refractivity contribution >= 4 is 52.0 Å². The van der Waals surface area contributed by atoms with Gasteiger partial charge in [-0.3, -0.25) is 14.4 Å². The van der Waals surface area contributed by atoms with Gasteiger partial charge in [0.1, 0.15) is 6.54 Å². The maximum atomic E-state index is 13.3. The number of nitrogens with zero attached hydrogens (tertiary/aromatic N) is 2. The summed E-state index contributed by atoms with van der Waals surface area (Å²) in [5, 5.41) is 6.34. The first-order valence-electron chi connectivity index (χ1n) is 13.2. The Morgan fingerprint density at radius 2 is 1.77 bits per heavy atom. The lowest BCUT2D eigenvalue weighted by Gasteiger charge is -2.22. The highest BCUT2D eigenvalue weighted by molar-refractivity contribution is 6.37. The largest absolute Gasteiger partial charge is 0.465 e. The van der Waals surface area contributed by atoms with Gasteiger partial charge in [-0.1, -0.05) is 36.4 Å². The van der Waals surface area contributed by atoms with Crippen molar-refractivity contribution in [1.82, 2.24) is 4.90 Å². The number of fused-ring (bicyclic) bond motifs is 2. The average molecular weight is 537 g/mol. The summed E-state index contributed by atoms with van der Waals surface area (Å²) in [6.45, 7) is 1.30. The van der Waals surface area contributed by atoms with Gasteiger partial charge in [-0.2, -0.15) is 0 Å². The smallest absolute Gasteiger partial charge is 0.337 e. The molecule has 0 aliphatic carbocycles. The van der Waals surface area contributed by atoms with Crippen molar-refractivity contribution in [2.24, 2.45) is 0 Å². The number of amides is 3. The van der Waals surface area contributed by atoms with E-state index in [0.717, 1.165) is 28.9 Å². The number of anilines is 3. The Morgan fingerprint density at radius 1 is 0.950 bits per heavy atom. The molecule has 0 bridgehead atoms. The molecular formula is C31H28N4O5. The minimum atomic E-state index is -0.478. The van der Waals surface area contributed by atoms with Crippen molar-refractivity contribution in [1.29, 1.82) is 0 Å². The summed E-state index contributed by atoms with van der Waals surface area (Å²) in [6.07, 6.45) is 2.00. The standard InChI is InChI=1S/C31H28N4O5/c1-40-31(39)21-9-11-23-24(17-21)33-30(38)28(23)29(19-6-3-2-4-7-19)32-22-10-12-25-20(16-22)13-15-35(25)27(37)18-34-14-5-8-26(34)36/h2-4,6-7,9-12,16-17,32H,5,8,13-15,18H2,1H3,(H,33,38)/b29-28-. The number of carbonyl (C=O) groups is 4. The van der Waals surface area contributed by atoms with Crippen molar-refractivity contribution in [3.63, 3.8) is 0 Å². The van der Waals surface area contributed by atoms with Crippen LogP contribution in [-0.4, -0.2) is 55.3 Å². The molecule has 1 fully saturated rings. The first kappa shape index (κ1) is 25.4. The molecule has 9 heteroatoms. The molecule has 0 unspecified atom stereocenters. The fourth-order valence-corrected chi connectivity index (χ4v) is 5.55. The molecule has 3 amide bonds. The first-order valence-corrected chi connectivity index (χ1v) is 13.2. The monoisotopic (exact) mass is 536 g/mol. The second kappa shape index (κ2) is 10.3. The molecule has 1 saturated heterocycles. The molecule has 0 aromatic heterocycles. The quantitative estimate of drug-likeness (QED) is 0.365. The van der Waals surface area contributed by atoms with Crippen molar-refractivity contribution in [3.05, 3.63) is 89.0 Å². The van der Waals surface area contributed by atoms with Gasteiger partial charge in [0.15, 0.2) is 0 Å². The summed E-state index contributed by atoms with van der Waals surface area (Å²) < 4.78 is 4.82. The van der Waals surface area contributed by atoms with Crippen molar-refractivity contribution in [3.8, 4) is 0 Å². The van der Waals surface area contributed by atoms with Crippen LogP contribution in [0.15, 0.2) is 66.7 Å². The van der Waals surface area contributed by atoms with Crippen LogP contribution in [0.3, 0.4) is 0 Å². The highest BCUT2D eigenvalue weighted by Gasteiger charge is 2.31. The minimum absolute atomic E-state index is 0.0350. The van der Waals surface area contributed by atoms with Crippen molar-refractivity contribution in [2.45, 2.75) is 19.3 Å². The molecule has 6 rings (SSSR count). The molecule has 40 heavy (non-hydrogen) atoms. The third-order valence-corrected chi connectivity index (χ3v) is 7.54. The number of ether oxygens (including phenoxy) is 1. The lowest BCUT2D eigenvalue weighted by molar-refractivity contribution is -0.132. The second-order valence-corrected chi connectivity index (χ2v) is 10.0. The fraction of sp³-hybridized carbons (Fsp3) is 0.226. The van der Waals surface area contributed by atoms with Gasteiger partial charge in [0.05, 0.1) is 29.6 Å². The molecule has 0 spiro atoms. The topological polar surface area (TPSA) is 108 Å². The van der Waals surface area contributed by atoms with E-state index in [0.29, 0.717) is 54.0 Å². The molecular weight excluding hydrogens is 508 g/mol. The molecule has 9 nitrogen and oxygen atoms in total. The molecule has 3 aliphatic heterocycles. The summed E-state index contributed by atoms with van der Waals surface area (Å²) >= 11 is 0. The van der Waals surface area contributed by atoms with Gasteiger partial charge >= 0.3 is 5.97 Å². The number of nitrogens with one attached hydrogen (secondary N) is 2. The maximum Gasteiger partial charge on any atom is 0.337 e. The number of rotatable bonds is 6. The van der Waals surface area contributed by atoms with Crippen LogP contribution in [0.25, 0.3) is 11.3 Å². The lowest BCUT2D eigenvalue weighted by Crippen LogP contribution is -2.40. The number of likely N-dealkylation sites (tertiary alicyclic amines) is 1. The van der Waals surface area contributed by atoms with Gasteiger partial charge in [-0.05, 0) is 54.3 Å². The summed E-state index contributed by atoms with van der Waals surface area (Å²) in [7, 11) is 1.32. The summed E-state index contributed by atoms with van der Waals surface area (Å²) in [4.78, 5) is 53.7. The number of hydrogen-bond acceptors (Lipinski definition) is 6. The van der Waals surface area contributed by atoms with Crippen LogP contribution in [0.2, 0.25) is 0 Å². The number of benzene rings is 3. The Hall–Kier alpha value is -4.92. The van der Waals surface area contributed by atoms with E-state index < -0.39 is 5.97 Å². The Morgan fingerprint density at radius 3 is 2.52 bits per heavy atom. The molecule has 2 N–H and O–H groups in total. The highest BCUT2D eigenvalue weighted by Crippen LogP contribution is 2.39. The van der Waals surface area contributed by atoms with Crippen LogP contribution in [0.4, 0.5) is 17.1 Å². The second-order valence-electron chi connectivity index (χ2n) is 10.0. The van der Waals surface area contributed by atoms with Crippen LogP contribution >= 0.6 is 0 Å². The molecule has 0 radical (unpaired) electrons. The Balaban J connectivity index is 1.32. The van der Waals surface area contributed by atoms with E-state index in [2.05, 4.69) is 10.6 Å². The van der Waals surface area contributed by atoms with E-state index in [4.69, 9.17) is 4.74 Å². The van der Waals surface area contributed by atoms with Crippen LogP contribution < -0.4 is 15.5 Å². The molecule has 3 aromatic rings. The Labute approximate surface area is 231 Å². The third kappa shape index (κ3) is 4.59. The number of hydrogen-bond donors (Lipinski definition) is 2.